The summed E-state index contributed by atoms with van der Waals surface area (Å²) in [7, 11) is 0. The van der Waals surface area contributed by atoms with Gasteiger partial charge < -0.3 is 5.32 Å². The molecule has 2 unspecified atom stereocenters. The smallest absolute Gasteiger partial charge is 0.251 e. The minimum Gasteiger partial charge on any atom is -0.349 e. The molecule has 0 bridgehead atoms. The number of nitrogens with one attached hydrogen (secondary N) is 1. The van der Waals surface area contributed by atoms with Crippen LogP contribution in [0.5, 0.6) is 0 Å². The highest BCUT2D eigenvalue weighted by atomic mass is 19.1. The first-order chi connectivity index (χ1) is 9.20. The lowest BCUT2D eigenvalue weighted by Gasteiger charge is -2.20. The number of carbonyl (C=O) groups is 1. The second-order valence-electron chi connectivity index (χ2n) is 5.28. The fourth-order valence-corrected chi connectivity index (χ4v) is 2.83. The molecule has 1 aromatic rings. The van der Waals surface area contributed by atoms with E-state index in [9.17, 15) is 9.18 Å². The molecule has 104 valence electrons. The van der Waals surface area contributed by atoms with Crippen molar-refractivity contribution in [3.63, 3.8) is 0 Å². The maximum absolute atomic E-state index is 13.0. The Labute approximate surface area is 113 Å². The van der Waals surface area contributed by atoms with Crippen molar-refractivity contribution in [2.75, 3.05) is 0 Å². The molecule has 0 aliphatic heterocycles. The third kappa shape index (κ3) is 3.75. The molecule has 0 saturated heterocycles. The van der Waals surface area contributed by atoms with E-state index in [1.165, 1.54) is 44.4 Å². The van der Waals surface area contributed by atoms with E-state index in [-0.39, 0.29) is 11.9 Å². The van der Waals surface area contributed by atoms with Crippen LogP contribution in [-0.2, 0) is 0 Å². The van der Waals surface area contributed by atoms with Crippen LogP contribution in [-0.4, -0.2) is 16.9 Å². The average Bonchev–Trinajstić information content (AvgIpc) is 2.83. The minimum atomic E-state index is -0.610. The second-order valence-corrected chi connectivity index (χ2v) is 5.28. The Kier molecular flexibility index (Phi) is 4.88. The van der Waals surface area contributed by atoms with Crippen molar-refractivity contribution in [1.82, 2.24) is 10.3 Å². The number of hydrogen-bond acceptors (Lipinski definition) is 2. The molecule has 1 amide bonds. The monoisotopic (exact) mass is 264 g/mol. The molecule has 1 fully saturated rings. The number of rotatable bonds is 5. The van der Waals surface area contributed by atoms with Gasteiger partial charge in [0.05, 0.1) is 0 Å². The van der Waals surface area contributed by atoms with Crippen LogP contribution in [0.15, 0.2) is 18.3 Å². The van der Waals surface area contributed by atoms with E-state index in [1.807, 2.05) is 0 Å². The van der Waals surface area contributed by atoms with E-state index < -0.39 is 5.95 Å². The minimum absolute atomic E-state index is 0.185. The zero-order chi connectivity index (χ0) is 13.7. The molecule has 4 heteroatoms. The first-order valence-electron chi connectivity index (χ1n) is 7.13. The number of hydrogen-bond donors (Lipinski definition) is 1. The first kappa shape index (κ1) is 14.0. The normalized spacial score (nSPS) is 22.4. The Bertz CT molecular complexity index is 436. The fraction of sp³-hybridized carbons (Fsp3) is 0.600. The molecule has 1 aliphatic rings. The van der Waals surface area contributed by atoms with Crippen molar-refractivity contribution in [2.24, 2.45) is 5.92 Å². The molecule has 1 aliphatic carbocycles. The lowest BCUT2D eigenvalue weighted by atomic mass is 9.96. The molecule has 0 aromatic carbocycles. The third-order valence-electron chi connectivity index (χ3n) is 3.89. The van der Waals surface area contributed by atoms with Crippen LogP contribution < -0.4 is 5.32 Å². The molecule has 3 nitrogen and oxygen atoms in total. The molecular formula is C15H21FN2O. The quantitative estimate of drug-likeness (QED) is 0.829. The number of carbonyl (C=O) groups excluding carboxylic acids is 1. The van der Waals surface area contributed by atoms with E-state index in [0.29, 0.717) is 11.5 Å². The highest BCUT2D eigenvalue weighted by Crippen LogP contribution is 2.30. The summed E-state index contributed by atoms with van der Waals surface area (Å²) in [4.78, 5) is 15.5. The number of halogens is 1. The number of aromatic nitrogens is 1. The van der Waals surface area contributed by atoms with Gasteiger partial charge in [-0.3, -0.25) is 4.79 Å². The molecule has 2 atom stereocenters. The number of nitrogens with zero attached hydrogens (tertiary/aromatic N) is 1. The molecule has 1 aromatic heterocycles. The van der Waals surface area contributed by atoms with Gasteiger partial charge in [0.15, 0.2) is 0 Å². The summed E-state index contributed by atoms with van der Waals surface area (Å²) >= 11 is 0. The van der Waals surface area contributed by atoms with Crippen LogP contribution in [0.1, 0.15) is 55.8 Å². The molecule has 2 rings (SSSR count). The fourth-order valence-electron chi connectivity index (χ4n) is 2.83. The van der Waals surface area contributed by atoms with Gasteiger partial charge in [0, 0.05) is 23.9 Å². The molecule has 0 spiro atoms. The van der Waals surface area contributed by atoms with Crippen LogP contribution in [0.4, 0.5) is 4.39 Å². The van der Waals surface area contributed by atoms with E-state index in [1.54, 1.807) is 6.07 Å². The largest absolute Gasteiger partial charge is 0.349 e. The topological polar surface area (TPSA) is 42.0 Å². The number of unbranched alkanes of at least 4 members (excludes halogenated alkanes) is 1. The van der Waals surface area contributed by atoms with Crippen LogP contribution in [0.2, 0.25) is 0 Å². The molecular weight excluding hydrogens is 243 g/mol. The van der Waals surface area contributed by atoms with Gasteiger partial charge in [0.1, 0.15) is 0 Å². The van der Waals surface area contributed by atoms with Gasteiger partial charge in [-0.1, -0.05) is 26.2 Å². The summed E-state index contributed by atoms with van der Waals surface area (Å²) in [6.45, 7) is 2.18. The predicted octanol–water partition coefficient (Wildman–Crippen LogP) is 3.31. The van der Waals surface area contributed by atoms with Crippen molar-refractivity contribution in [1.29, 1.82) is 0 Å². The highest BCUT2D eigenvalue weighted by molar-refractivity contribution is 5.94. The third-order valence-corrected chi connectivity index (χ3v) is 3.89. The van der Waals surface area contributed by atoms with Crippen molar-refractivity contribution in [3.05, 3.63) is 29.8 Å². The highest BCUT2D eigenvalue weighted by Gasteiger charge is 2.28. The summed E-state index contributed by atoms with van der Waals surface area (Å²) < 4.78 is 13.0. The Hall–Kier alpha value is -1.45. The van der Waals surface area contributed by atoms with E-state index in [0.717, 1.165) is 6.42 Å². The molecule has 19 heavy (non-hydrogen) atoms. The van der Waals surface area contributed by atoms with Gasteiger partial charge in [-0.2, -0.15) is 4.39 Å². The number of pyridine rings is 1. The molecule has 1 saturated carbocycles. The van der Waals surface area contributed by atoms with Gasteiger partial charge >= 0.3 is 0 Å². The van der Waals surface area contributed by atoms with Crippen molar-refractivity contribution < 1.29 is 9.18 Å². The molecule has 1 N–H and O–H groups in total. The zero-order valence-electron chi connectivity index (χ0n) is 11.4. The number of amides is 1. The van der Waals surface area contributed by atoms with Crippen molar-refractivity contribution in [3.8, 4) is 0 Å². The Morgan fingerprint density at radius 3 is 3.11 bits per heavy atom. The molecule has 1 heterocycles. The van der Waals surface area contributed by atoms with Crippen LogP contribution in [0, 0.1) is 11.9 Å². The van der Waals surface area contributed by atoms with Gasteiger partial charge in [0.2, 0.25) is 5.95 Å². The zero-order valence-corrected chi connectivity index (χ0v) is 11.4. The lowest BCUT2D eigenvalue weighted by molar-refractivity contribution is 0.0926. The van der Waals surface area contributed by atoms with Gasteiger partial charge in [-0.25, -0.2) is 4.98 Å². The van der Waals surface area contributed by atoms with Crippen molar-refractivity contribution >= 4 is 5.91 Å². The van der Waals surface area contributed by atoms with E-state index in [2.05, 4.69) is 17.2 Å². The summed E-state index contributed by atoms with van der Waals surface area (Å²) in [6, 6.07) is 2.98. The van der Waals surface area contributed by atoms with Crippen LogP contribution >= 0.6 is 0 Å². The predicted molar refractivity (Wildman–Crippen MR) is 72.3 cm³/mol. The van der Waals surface area contributed by atoms with Crippen molar-refractivity contribution in [2.45, 2.75) is 51.5 Å². The Morgan fingerprint density at radius 1 is 1.53 bits per heavy atom. The standard InChI is InChI=1S/C15H21FN2O/c1-2-3-5-11-6-4-7-13(11)18-15(19)12-8-9-17-14(16)10-12/h8-11,13H,2-7H2,1H3,(H,18,19). The SMILES string of the molecule is CCCCC1CCCC1NC(=O)c1ccnc(F)c1. The summed E-state index contributed by atoms with van der Waals surface area (Å²) in [5, 5.41) is 3.05. The average molecular weight is 264 g/mol. The molecule has 0 radical (unpaired) electrons. The summed E-state index contributed by atoms with van der Waals surface area (Å²) in [6.07, 6.45) is 8.29. The maximum Gasteiger partial charge on any atom is 0.251 e. The van der Waals surface area contributed by atoms with Gasteiger partial charge in [-0.15, -0.1) is 0 Å². The summed E-state index contributed by atoms with van der Waals surface area (Å²) in [5.74, 6) is -0.216. The van der Waals surface area contributed by atoms with Crippen LogP contribution in [0.3, 0.4) is 0 Å². The maximum atomic E-state index is 13.0. The van der Waals surface area contributed by atoms with Gasteiger partial charge in [-0.05, 0) is 31.2 Å². The second kappa shape index (κ2) is 6.64. The Morgan fingerprint density at radius 2 is 2.37 bits per heavy atom. The van der Waals surface area contributed by atoms with E-state index in [4.69, 9.17) is 0 Å². The van der Waals surface area contributed by atoms with Crippen LogP contribution in [0.25, 0.3) is 0 Å². The Balaban J connectivity index is 1.94. The van der Waals surface area contributed by atoms with E-state index >= 15 is 0 Å². The lowest BCUT2D eigenvalue weighted by Crippen LogP contribution is -2.37. The van der Waals surface area contributed by atoms with Gasteiger partial charge in [0.25, 0.3) is 5.91 Å². The first-order valence-corrected chi connectivity index (χ1v) is 7.13. The summed E-state index contributed by atoms with van der Waals surface area (Å²) in [5.41, 5.74) is 0.355.